The summed E-state index contributed by atoms with van der Waals surface area (Å²) in [5.74, 6) is 0.666. The third-order valence-electron chi connectivity index (χ3n) is 7.03. The molecule has 1 aliphatic heterocycles. The number of ketones is 1. The van der Waals surface area contributed by atoms with E-state index in [0.29, 0.717) is 28.2 Å². The molecule has 1 aliphatic rings. The van der Waals surface area contributed by atoms with Crippen LogP contribution in [0.2, 0.25) is 0 Å². The maximum Gasteiger partial charge on any atom is 0.277 e. The van der Waals surface area contributed by atoms with E-state index in [1.54, 1.807) is 63.9 Å². The van der Waals surface area contributed by atoms with Crippen molar-refractivity contribution in [3.05, 3.63) is 132 Å². The monoisotopic (exact) mass is 606 g/mol. The van der Waals surface area contributed by atoms with Gasteiger partial charge in [-0.15, -0.1) is 0 Å². The summed E-state index contributed by atoms with van der Waals surface area (Å²) in [4.78, 5) is 41.5. The maximum absolute atomic E-state index is 13.4. The summed E-state index contributed by atoms with van der Waals surface area (Å²) in [5, 5.41) is 1.91. The van der Waals surface area contributed by atoms with Gasteiger partial charge in [0.25, 0.3) is 5.91 Å². The summed E-state index contributed by atoms with van der Waals surface area (Å²) in [5.41, 5.74) is 3.19. The predicted octanol–water partition coefficient (Wildman–Crippen LogP) is 6.31. The number of aromatic nitrogens is 3. The number of halogens is 1. The first-order valence-electron chi connectivity index (χ1n) is 14.1. The Balaban J connectivity index is 0.000000282. The van der Waals surface area contributed by atoms with Crippen LogP contribution in [0.25, 0.3) is 22.2 Å². The van der Waals surface area contributed by atoms with Crippen LogP contribution in [-0.2, 0) is 21.0 Å². The predicted molar refractivity (Wildman–Crippen MR) is 167 cm³/mol. The second-order valence-electron chi connectivity index (χ2n) is 10.6. The smallest absolute Gasteiger partial charge is 0.277 e. The fraction of sp³-hybridized carbons (Fsp3) is 0.171. The van der Waals surface area contributed by atoms with Gasteiger partial charge in [-0.25, -0.2) is 14.4 Å². The fourth-order valence-electron chi connectivity index (χ4n) is 4.58. The fourth-order valence-corrected chi connectivity index (χ4v) is 4.58. The summed E-state index contributed by atoms with van der Waals surface area (Å²) in [6, 6.07) is 22.4. The normalized spacial score (nSPS) is 13.6. The van der Waals surface area contributed by atoms with Crippen LogP contribution in [0.3, 0.4) is 0 Å². The van der Waals surface area contributed by atoms with Crippen molar-refractivity contribution in [2.24, 2.45) is 0 Å². The standard InChI is InChI=1S/C27H21FN2O3.C8H10N2O2/c1-27(2)26(31)24(25(33-27)18-11-13-29-14-12-18)17-4-8-22(9-5-17)32-16-21-7-3-19-15-20(28)6-10-23(19)30-21;1-10(12-2)8(11)7-3-5-9-6-4-7/h3-15H,16H2,1-2H3;3-6H,1-2H3. The quantitative estimate of drug-likeness (QED) is 0.199. The second-order valence-corrected chi connectivity index (χ2v) is 10.6. The molecule has 6 rings (SSSR count). The van der Waals surface area contributed by atoms with Gasteiger partial charge in [-0.05, 0) is 80.1 Å². The number of benzene rings is 2. The minimum Gasteiger partial charge on any atom is -0.487 e. The van der Waals surface area contributed by atoms with Crippen LogP contribution in [0.1, 0.15) is 41.0 Å². The highest BCUT2D eigenvalue weighted by atomic mass is 19.1. The molecular formula is C35H31FN4O5. The van der Waals surface area contributed by atoms with E-state index < -0.39 is 5.60 Å². The summed E-state index contributed by atoms with van der Waals surface area (Å²) < 4.78 is 25.3. The number of hydroxylamine groups is 2. The molecule has 10 heteroatoms. The topological polar surface area (TPSA) is 104 Å². The number of Topliss-reactive ketones (excluding diaryl/α,β-unsaturated/α-hetero) is 1. The van der Waals surface area contributed by atoms with E-state index in [-0.39, 0.29) is 24.1 Å². The number of amides is 1. The van der Waals surface area contributed by atoms with Gasteiger partial charge in [-0.1, -0.05) is 18.2 Å². The minimum atomic E-state index is -0.937. The van der Waals surface area contributed by atoms with Crippen molar-refractivity contribution in [3.63, 3.8) is 0 Å². The lowest BCUT2D eigenvalue weighted by Crippen LogP contribution is -2.29. The number of pyridine rings is 3. The lowest BCUT2D eigenvalue weighted by molar-refractivity contribution is -0.125. The number of carbonyl (C=O) groups is 2. The lowest BCUT2D eigenvalue weighted by Gasteiger charge is -2.17. The van der Waals surface area contributed by atoms with Crippen LogP contribution >= 0.6 is 0 Å². The molecule has 0 N–H and O–H groups in total. The molecule has 0 aliphatic carbocycles. The van der Waals surface area contributed by atoms with Gasteiger partial charge < -0.3 is 9.47 Å². The molecule has 0 atom stereocenters. The van der Waals surface area contributed by atoms with Crippen LogP contribution < -0.4 is 4.74 Å². The molecule has 0 radical (unpaired) electrons. The van der Waals surface area contributed by atoms with Crippen LogP contribution in [0.4, 0.5) is 4.39 Å². The second kappa shape index (κ2) is 13.4. The van der Waals surface area contributed by atoms with E-state index >= 15 is 0 Å². The molecule has 0 saturated carbocycles. The number of nitrogens with zero attached hydrogens (tertiary/aromatic N) is 4. The van der Waals surface area contributed by atoms with E-state index in [2.05, 4.69) is 15.0 Å². The van der Waals surface area contributed by atoms with Crippen molar-refractivity contribution in [1.29, 1.82) is 0 Å². The Labute approximate surface area is 259 Å². The summed E-state index contributed by atoms with van der Waals surface area (Å²) >= 11 is 0. The Hall–Kier alpha value is -5.48. The number of ether oxygens (including phenoxy) is 2. The Kier molecular flexibility index (Phi) is 9.25. The van der Waals surface area contributed by atoms with Crippen molar-refractivity contribution in [2.45, 2.75) is 26.1 Å². The van der Waals surface area contributed by atoms with E-state index in [0.717, 1.165) is 27.3 Å². The zero-order chi connectivity index (χ0) is 32.0. The van der Waals surface area contributed by atoms with Crippen LogP contribution in [-0.4, -0.2) is 51.5 Å². The van der Waals surface area contributed by atoms with Gasteiger partial charge in [0.15, 0.2) is 5.60 Å². The van der Waals surface area contributed by atoms with Gasteiger partial charge in [0.1, 0.15) is 23.9 Å². The molecule has 2 aromatic carbocycles. The highest BCUT2D eigenvalue weighted by Crippen LogP contribution is 2.41. The first-order valence-corrected chi connectivity index (χ1v) is 14.1. The molecule has 5 aromatic rings. The molecule has 9 nitrogen and oxygen atoms in total. The number of fused-ring (bicyclic) bond motifs is 1. The number of hydrogen-bond donors (Lipinski definition) is 0. The Morgan fingerprint density at radius 3 is 2.22 bits per heavy atom. The van der Waals surface area contributed by atoms with Gasteiger partial charge >= 0.3 is 0 Å². The average molecular weight is 607 g/mol. The average Bonchev–Trinajstić information content (AvgIpc) is 3.32. The van der Waals surface area contributed by atoms with Crippen molar-refractivity contribution >= 4 is 33.9 Å². The first kappa shape index (κ1) is 31.0. The van der Waals surface area contributed by atoms with Crippen molar-refractivity contribution in [1.82, 2.24) is 20.0 Å². The lowest BCUT2D eigenvalue weighted by atomic mass is 9.93. The molecule has 0 saturated heterocycles. The molecule has 228 valence electrons. The van der Waals surface area contributed by atoms with E-state index in [9.17, 15) is 14.0 Å². The van der Waals surface area contributed by atoms with Gasteiger partial charge in [0.05, 0.1) is 23.9 Å². The SMILES string of the molecule is CC1(C)OC(c2ccncc2)=C(c2ccc(OCc3ccc4cc(F)ccc4n3)cc2)C1=O.CON(C)C(=O)c1ccncc1. The minimum absolute atomic E-state index is 0.0696. The molecule has 45 heavy (non-hydrogen) atoms. The molecule has 0 bridgehead atoms. The number of rotatable bonds is 7. The van der Waals surface area contributed by atoms with Crippen molar-refractivity contribution < 1.29 is 28.3 Å². The Bertz CT molecular complexity index is 1850. The Morgan fingerprint density at radius 2 is 1.56 bits per heavy atom. The van der Waals surface area contributed by atoms with Gasteiger partial charge in [-0.3, -0.25) is 24.4 Å². The molecule has 3 aromatic heterocycles. The third-order valence-corrected chi connectivity index (χ3v) is 7.03. The molecule has 0 unspecified atom stereocenters. The largest absolute Gasteiger partial charge is 0.487 e. The number of hydrogen-bond acceptors (Lipinski definition) is 8. The van der Waals surface area contributed by atoms with Crippen molar-refractivity contribution in [3.8, 4) is 5.75 Å². The van der Waals surface area contributed by atoms with Crippen LogP contribution in [0, 0.1) is 5.82 Å². The summed E-state index contributed by atoms with van der Waals surface area (Å²) in [7, 11) is 3.00. The molecule has 1 amide bonds. The van der Waals surface area contributed by atoms with Gasteiger partial charge in [-0.2, -0.15) is 0 Å². The first-order chi connectivity index (χ1) is 21.7. The molecular weight excluding hydrogens is 575 g/mol. The van der Waals surface area contributed by atoms with Gasteiger partial charge in [0.2, 0.25) is 5.78 Å². The van der Waals surface area contributed by atoms with Crippen molar-refractivity contribution in [2.75, 3.05) is 14.2 Å². The highest BCUT2D eigenvalue weighted by molar-refractivity contribution is 6.32. The Morgan fingerprint density at radius 1 is 0.889 bits per heavy atom. The van der Waals surface area contributed by atoms with E-state index in [4.69, 9.17) is 14.3 Å². The van der Waals surface area contributed by atoms with Gasteiger partial charge in [0, 0.05) is 48.3 Å². The summed E-state index contributed by atoms with van der Waals surface area (Å²) in [6.07, 6.45) is 6.48. The zero-order valence-corrected chi connectivity index (χ0v) is 25.2. The zero-order valence-electron chi connectivity index (χ0n) is 25.2. The van der Waals surface area contributed by atoms with Crippen LogP contribution in [0.5, 0.6) is 5.75 Å². The molecule has 0 fully saturated rings. The number of carbonyl (C=O) groups excluding carboxylic acids is 2. The third kappa shape index (κ3) is 7.19. The van der Waals surface area contributed by atoms with E-state index in [1.165, 1.54) is 19.2 Å². The van der Waals surface area contributed by atoms with E-state index in [1.807, 2.05) is 48.5 Å². The molecule has 4 heterocycles. The summed E-state index contributed by atoms with van der Waals surface area (Å²) in [6.45, 7) is 3.81. The molecule has 0 spiro atoms. The maximum atomic E-state index is 13.4. The van der Waals surface area contributed by atoms with Crippen LogP contribution in [0.15, 0.2) is 104 Å². The highest BCUT2D eigenvalue weighted by Gasteiger charge is 2.42.